The number of aryl methyl sites for hydroxylation is 1. The Hall–Kier alpha value is -2.66. The molecule has 1 aromatic heterocycles. The standard InChI is InChI=1S/C21H19BrN2O2/c1-14-11-16(9-10-23-14)15-3-6-19(7-4-15)24-21(25)13-17-12-18(22)5-8-20(17)26-2/h3-12H,13H2,1-2H3,(H,24,25). The fourth-order valence-electron chi connectivity index (χ4n) is 2.73. The number of amides is 1. The molecule has 3 rings (SSSR count). The highest BCUT2D eigenvalue weighted by molar-refractivity contribution is 9.10. The number of hydrogen-bond donors (Lipinski definition) is 1. The van der Waals surface area contributed by atoms with Crippen molar-refractivity contribution in [2.45, 2.75) is 13.3 Å². The molecule has 2 aromatic carbocycles. The van der Waals surface area contributed by atoms with E-state index >= 15 is 0 Å². The van der Waals surface area contributed by atoms with Crippen LogP contribution >= 0.6 is 15.9 Å². The molecule has 0 bridgehead atoms. The molecule has 0 unspecified atom stereocenters. The van der Waals surface area contributed by atoms with Crippen molar-refractivity contribution in [3.63, 3.8) is 0 Å². The Balaban J connectivity index is 1.69. The van der Waals surface area contributed by atoms with Crippen LogP contribution in [0.15, 0.2) is 65.3 Å². The summed E-state index contributed by atoms with van der Waals surface area (Å²) in [6.45, 7) is 1.97. The first kappa shape index (κ1) is 18.1. The van der Waals surface area contributed by atoms with Gasteiger partial charge in [0.25, 0.3) is 0 Å². The molecule has 0 aliphatic rings. The molecule has 0 saturated carbocycles. The number of carbonyl (C=O) groups excluding carboxylic acids is 1. The monoisotopic (exact) mass is 410 g/mol. The van der Waals surface area contributed by atoms with Crippen LogP contribution in [0, 0.1) is 6.92 Å². The Morgan fingerprint density at radius 3 is 2.54 bits per heavy atom. The summed E-state index contributed by atoms with van der Waals surface area (Å²) in [7, 11) is 1.60. The topological polar surface area (TPSA) is 51.2 Å². The van der Waals surface area contributed by atoms with Crippen molar-refractivity contribution < 1.29 is 9.53 Å². The highest BCUT2D eigenvalue weighted by Gasteiger charge is 2.10. The minimum absolute atomic E-state index is 0.0890. The molecular formula is C21H19BrN2O2. The van der Waals surface area contributed by atoms with Crippen LogP contribution in [-0.4, -0.2) is 18.0 Å². The fraction of sp³-hybridized carbons (Fsp3) is 0.143. The zero-order valence-electron chi connectivity index (χ0n) is 14.6. The van der Waals surface area contributed by atoms with Crippen LogP contribution in [0.1, 0.15) is 11.3 Å². The Morgan fingerprint density at radius 2 is 1.85 bits per heavy atom. The second-order valence-electron chi connectivity index (χ2n) is 5.94. The quantitative estimate of drug-likeness (QED) is 0.642. The summed E-state index contributed by atoms with van der Waals surface area (Å²) in [5.74, 6) is 0.612. The Bertz CT molecular complexity index is 924. The van der Waals surface area contributed by atoms with Gasteiger partial charge in [0.05, 0.1) is 13.5 Å². The third-order valence-corrected chi connectivity index (χ3v) is 4.49. The highest BCUT2D eigenvalue weighted by atomic mass is 79.9. The van der Waals surface area contributed by atoms with Gasteiger partial charge in [-0.1, -0.05) is 28.1 Å². The van der Waals surface area contributed by atoms with E-state index in [0.29, 0.717) is 5.75 Å². The van der Waals surface area contributed by atoms with Gasteiger partial charge in [-0.3, -0.25) is 9.78 Å². The second-order valence-corrected chi connectivity index (χ2v) is 6.86. The van der Waals surface area contributed by atoms with Crippen LogP contribution in [0.2, 0.25) is 0 Å². The molecule has 1 amide bonds. The van der Waals surface area contributed by atoms with Gasteiger partial charge < -0.3 is 10.1 Å². The molecule has 0 spiro atoms. The number of hydrogen-bond acceptors (Lipinski definition) is 3. The smallest absolute Gasteiger partial charge is 0.228 e. The van der Waals surface area contributed by atoms with Gasteiger partial charge in [-0.05, 0) is 60.5 Å². The molecular weight excluding hydrogens is 392 g/mol. The normalized spacial score (nSPS) is 10.4. The zero-order valence-corrected chi connectivity index (χ0v) is 16.2. The van der Waals surface area contributed by atoms with E-state index in [1.165, 1.54) is 0 Å². The third-order valence-electron chi connectivity index (χ3n) is 3.99. The van der Waals surface area contributed by atoms with Crippen LogP contribution in [0.5, 0.6) is 5.75 Å². The molecule has 0 aliphatic carbocycles. The van der Waals surface area contributed by atoms with Crippen molar-refractivity contribution in [1.82, 2.24) is 4.98 Å². The average Bonchev–Trinajstić information content (AvgIpc) is 2.62. The molecule has 3 aromatic rings. The van der Waals surface area contributed by atoms with Crippen LogP contribution < -0.4 is 10.1 Å². The van der Waals surface area contributed by atoms with E-state index in [2.05, 4.69) is 26.2 Å². The number of anilines is 1. The molecule has 26 heavy (non-hydrogen) atoms. The molecule has 4 nitrogen and oxygen atoms in total. The maximum absolute atomic E-state index is 12.4. The molecule has 0 saturated heterocycles. The van der Waals surface area contributed by atoms with Gasteiger partial charge in [-0.2, -0.15) is 0 Å². The minimum Gasteiger partial charge on any atom is -0.496 e. The summed E-state index contributed by atoms with van der Waals surface area (Å²) in [5.41, 5.74) is 4.76. The van der Waals surface area contributed by atoms with E-state index in [9.17, 15) is 4.79 Å². The molecule has 0 aliphatic heterocycles. The van der Waals surface area contributed by atoms with E-state index in [1.807, 2.05) is 61.5 Å². The van der Waals surface area contributed by atoms with Gasteiger partial charge in [-0.25, -0.2) is 0 Å². The number of benzene rings is 2. The maximum atomic E-state index is 12.4. The number of nitrogens with zero attached hydrogens (tertiary/aromatic N) is 1. The Kier molecular flexibility index (Phi) is 5.68. The first-order valence-corrected chi connectivity index (χ1v) is 9.00. The predicted molar refractivity (Wildman–Crippen MR) is 107 cm³/mol. The van der Waals surface area contributed by atoms with Crippen molar-refractivity contribution in [3.8, 4) is 16.9 Å². The number of ether oxygens (including phenoxy) is 1. The first-order chi connectivity index (χ1) is 12.5. The highest BCUT2D eigenvalue weighted by Crippen LogP contribution is 2.24. The third kappa shape index (κ3) is 4.49. The summed E-state index contributed by atoms with van der Waals surface area (Å²) in [4.78, 5) is 16.6. The number of rotatable bonds is 5. The lowest BCUT2D eigenvalue weighted by atomic mass is 10.1. The van der Waals surface area contributed by atoms with Crippen LogP contribution in [0.4, 0.5) is 5.69 Å². The van der Waals surface area contributed by atoms with Gasteiger partial charge in [0, 0.05) is 27.6 Å². The average molecular weight is 411 g/mol. The maximum Gasteiger partial charge on any atom is 0.228 e. The van der Waals surface area contributed by atoms with E-state index in [-0.39, 0.29) is 12.3 Å². The first-order valence-electron chi connectivity index (χ1n) is 8.20. The predicted octanol–water partition coefficient (Wildman–Crippen LogP) is 5.01. The lowest BCUT2D eigenvalue weighted by molar-refractivity contribution is -0.115. The lowest BCUT2D eigenvalue weighted by Crippen LogP contribution is -2.14. The molecule has 1 N–H and O–H groups in total. The zero-order chi connectivity index (χ0) is 18.5. The molecule has 0 atom stereocenters. The number of aromatic nitrogens is 1. The van der Waals surface area contributed by atoms with E-state index < -0.39 is 0 Å². The van der Waals surface area contributed by atoms with Gasteiger partial charge >= 0.3 is 0 Å². The van der Waals surface area contributed by atoms with Crippen molar-refractivity contribution in [1.29, 1.82) is 0 Å². The summed E-state index contributed by atoms with van der Waals surface area (Å²) in [6.07, 6.45) is 2.04. The molecule has 5 heteroatoms. The van der Waals surface area contributed by atoms with E-state index in [0.717, 1.165) is 32.5 Å². The van der Waals surface area contributed by atoms with Crippen molar-refractivity contribution >= 4 is 27.5 Å². The molecule has 0 radical (unpaired) electrons. The number of methoxy groups -OCH3 is 1. The van der Waals surface area contributed by atoms with Crippen molar-refractivity contribution in [2.24, 2.45) is 0 Å². The molecule has 132 valence electrons. The van der Waals surface area contributed by atoms with Gasteiger partial charge in [0.1, 0.15) is 5.75 Å². The number of carbonyl (C=O) groups is 1. The summed E-state index contributed by atoms with van der Waals surface area (Å²) in [5, 5.41) is 2.93. The number of pyridine rings is 1. The second kappa shape index (κ2) is 8.15. The van der Waals surface area contributed by atoms with Gasteiger partial charge in [0.15, 0.2) is 0 Å². The summed E-state index contributed by atoms with van der Waals surface area (Å²) >= 11 is 3.43. The number of halogens is 1. The van der Waals surface area contributed by atoms with Crippen LogP contribution in [-0.2, 0) is 11.2 Å². The Morgan fingerprint density at radius 1 is 1.08 bits per heavy atom. The Labute approximate surface area is 161 Å². The minimum atomic E-state index is -0.0890. The van der Waals surface area contributed by atoms with Crippen LogP contribution in [0.3, 0.4) is 0 Å². The largest absolute Gasteiger partial charge is 0.496 e. The van der Waals surface area contributed by atoms with Crippen molar-refractivity contribution in [2.75, 3.05) is 12.4 Å². The summed E-state index contributed by atoms with van der Waals surface area (Å²) < 4.78 is 6.23. The van der Waals surface area contributed by atoms with Gasteiger partial charge in [-0.15, -0.1) is 0 Å². The molecule has 1 heterocycles. The molecule has 0 fully saturated rings. The van der Waals surface area contributed by atoms with E-state index in [4.69, 9.17) is 4.74 Å². The fourth-order valence-corrected chi connectivity index (χ4v) is 3.14. The van der Waals surface area contributed by atoms with Gasteiger partial charge in [0.2, 0.25) is 5.91 Å². The SMILES string of the molecule is COc1ccc(Br)cc1CC(=O)Nc1ccc(-c2ccnc(C)c2)cc1. The summed E-state index contributed by atoms with van der Waals surface area (Å²) in [6, 6.07) is 17.4. The van der Waals surface area contributed by atoms with Crippen molar-refractivity contribution in [3.05, 3.63) is 76.5 Å². The lowest BCUT2D eigenvalue weighted by Gasteiger charge is -2.10. The van der Waals surface area contributed by atoms with Crippen LogP contribution in [0.25, 0.3) is 11.1 Å². The van der Waals surface area contributed by atoms with E-state index in [1.54, 1.807) is 13.3 Å². The number of nitrogens with one attached hydrogen (secondary N) is 1.